The lowest BCUT2D eigenvalue weighted by molar-refractivity contribution is 0.272. The topological polar surface area (TPSA) is 35.2 Å². The minimum atomic E-state index is 0.158. The smallest absolute Gasteiger partial charge is 0.173 e. The van der Waals surface area contributed by atoms with Crippen LogP contribution in [0.5, 0.6) is 5.06 Å². The molecule has 15 heavy (non-hydrogen) atoms. The van der Waals surface area contributed by atoms with E-state index in [1.165, 1.54) is 24.8 Å². The van der Waals surface area contributed by atoms with Crippen molar-refractivity contribution in [2.75, 3.05) is 7.11 Å². The first kappa shape index (κ1) is 11.0. The highest BCUT2D eigenvalue weighted by molar-refractivity contribution is 7.12. The van der Waals surface area contributed by atoms with Gasteiger partial charge < -0.3 is 10.5 Å². The molecule has 2 unspecified atom stereocenters. The van der Waals surface area contributed by atoms with Crippen LogP contribution < -0.4 is 10.5 Å². The van der Waals surface area contributed by atoms with Gasteiger partial charge in [-0.3, -0.25) is 0 Å². The third kappa shape index (κ3) is 1.91. The third-order valence-electron chi connectivity index (χ3n) is 3.72. The molecule has 1 fully saturated rings. The number of ether oxygens (including phenoxy) is 1. The van der Waals surface area contributed by atoms with Crippen molar-refractivity contribution in [3.8, 4) is 5.06 Å². The molecule has 0 radical (unpaired) electrons. The largest absolute Gasteiger partial charge is 0.487 e. The number of hydrogen-bond donors (Lipinski definition) is 1. The molecular formula is C12H19NOS. The molecule has 1 aliphatic rings. The summed E-state index contributed by atoms with van der Waals surface area (Å²) >= 11 is 1.67. The zero-order chi connectivity index (χ0) is 10.9. The zero-order valence-electron chi connectivity index (χ0n) is 9.45. The molecule has 84 valence electrons. The van der Waals surface area contributed by atoms with Crippen LogP contribution in [0.15, 0.2) is 11.4 Å². The number of methoxy groups -OCH3 is 1. The second-order valence-corrected chi connectivity index (χ2v) is 5.50. The van der Waals surface area contributed by atoms with Crippen LogP contribution in [0.1, 0.15) is 38.2 Å². The van der Waals surface area contributed by atoms with Gasteiger partial charge in [0.25, 0.3) is 0 Å². The summed E-state index contributed by atoms with van der Waals surface area (Å²) in [5.74, 6) is 0. The average Bonchev–Trinajstić information content (AvgIpc) is 2.71. The molecule has 0 spiro atoms. The molecule has 1 aliphatic carbocycles. The Bertz CT molecular complexity index is 336. The van der Waals surface area contributed by atoms with Gasteiger partial charge in [0.2, 0.25) is 0 Å². The predicted molar refractivity (Wildman–Crippen MR) is 64.7 cm³/mol. The van der Waals surface area contributed by atoms with Crippen molar-refractivity contribution in [1.29, 1.82) is 0 Å². The Morgan fingerprint density at radius 3 is 2.93 bits per heavy atom. The summed E-state index contributed by atoms with van der Waals surface area (Å²) in [6.07, 6.45) is 4.92. The van der Waals surface area contributed by atoms with E-state index in [2.05, 4.69) is 18.4 Å². The minimum Gasteiger partial charge on any atom is -0.487 e. The Hall–Kier alpha value is -0.540. The first-order chi connectivity index (χ1) is 7.16. The Labute approximate surface area is 95.4 Å². The molecule has 1 aromatic rings. The van der Waals surface area contributed by atoms with E-state index < -0.39 is 0 Å². The standard InChI is InChI=1S/C12H19NOS/c1-12(6-4-3-5-10(12)13)9-7-11(14-2)15-8-9/h7-8,10H,3-6,13H2,1-2H3. The van der Waals surface area contributed by atoms with E-state index in [1.54, 1.807) is 18.4 Å². The third-order valence-corrected chi connectivity index (χ3v) is 4.60. The molecule has 1 saturated carbocycles. The van der Waals surface area contributed by atoms with Crippen molar-refractivity contribution in [1.82, 2.24) is 0 Å². The molecule has 0 aliphatic heterocycles. The molecular weight excluding hydrogens is 206 g/mol. The Morgan fingerprint density at radius 2 is 2.33 bits per heavy atom. The first-order valence-corrected chi connectivity index (χ1v) is 6.43. The summed E-state index contributed by atoms with van der Waals surface area (Å²) in [6.45, 7) is 2.29. The van der Waals surface area contributed by atoms with Gasteiger partial charge in [-0.05, 0) is 29.9 Å². The van der Waals surface area contributed by atoms with Crippen molar-refractivity contribution in [2.45, 2.75) is 44.1 Å². The summed E-state index contributed by atoms with van der Waals surface area (Å²) in [6, 6.07) is 2.45. The maximum Gasteiger partial charge on any atom is 0.173 e. The fourth-order valence-electron chi connectivity index (χ4n) is 2.44. The van der Waals surface area contributed by atoms with Gasteiger partial charge in [-0.2, -0.15) is 0 Å². The molecule has 0 bridgehead atoms. The summed E-state index contributed by atoms with van der Waals surface area (Å²) in [5, 5.41) is 3.19. The molecule has 3 heteroatoms. The van der Waals surface area contributed by atoms with Crippen LogP contribution in [0.2, 0.25) is 0 Å². The summed E-state index contributed by atoms with van der Waals surface area (Å²) in [4.78, 5) is 0. The summed E-state index contributed by atoms with van der Waals surface area (Å²) < 4.78 is 5.24. The van der Waals surface area contributed by atoms with E-state index in [1.807, 2.05) is 0 Å². The molecule has 0 aromatic carbocycles. The zero-order valence-corrected chi connectivity index (χ0v) is 10.3. The SMILES string of the molecule is COc1cc(C2(C)CCCCC2N)cs1. The van der Waals surface area contributed by atoms with Crippen LogP contribution in [0.25, 0.3) is 0 Å². The predicted octanol–water partition coefficient (Wildman–Crippen LogP) is 2.92. The summed E-state index contributed by atoms with van der Waals surface area (Å²) in [5.41, 5.74) is 7.78. The highest BCUT2D eigenvalue weighted by Gasteiger charge is 2.36. The number of nitrogens with two attached hydrogens (primary N) is 1. The highest BCUT2D eigenvalue weighted by Crippen LogP contribution is 2.41. The Morgan fingerprint density at radius 1 is 1.53 bits per heavy atom. The maximum atomic E-state index is 6.26. The first-order valence-electron chi connectivity index (χ1n) is 5.55. The van der Waals surface area contributed by atoms with Crippen molar-refractivity contribution in [2.24, 2.45) is 5.73 Å². The molecule has 2 rings (SSSR count). The van der Waals surface area contributed by atoms with Crippen LogP contribution in [0, 0.1) is 0 Å². The minimum absolute atomic E-state index is 0.158. The van der Waals surface area contributed by atoms with Gasteiger partial charge in [0.1, 0.15) is 0 Å². The van der Waals surface area contributed by atoms with Crippen molar-refractivity contribution < 1.29 is 4.74 Å². The second-order valence-electron chi connectivity index (χ2n) is 4.63. The molecule has 2 nitrogen and oxygen atoms in total. The van der Waals surface area contributed by atoms with Crippen molar-refractivity contribution in [3.05, 3.63) is 17.0 Å². The van der Waals surface area contributed by atoms with Gasteiger partial charge in [-0.15, -0.1) is 11.3 Å². The van der Waals surface area contributed by atoms with Crippen LogP contribution in [0.4, 0.5) is 0 Å². The molecule has 1 heterocycles. The second kappa shape index (κ2) is 4.14. The molecule has 1 aromatic heterocycles. The maximum absolute atomic E-state index is 6.26. The Balaban J connectivity index is 2.26. The lowest BCUT2D eigenvalue weighted by atomic mass is 9.68. The van der Waals surface area contributed by atoms with E-state index in [0.717, 1.165) is 11.5 Å². The number of thiophene rings is 1. The average molecular weight is 225 g/mol. The van der Waals surface area contributed by atoms with Crippen LogP contribution in [-0.4, -0.2) is 13.2 Å². The fourth-order valence-corrected chi connectivity index (χ4v) is 3.31. The van der Waals surface area contributed by atoms with Gasteiger partial charge in [0.15, 0.2) is 5.06 Å². The number of hydrogen-bond acceptors (Lipinski definition) is 3. The molecule has 0 saturated heterocycles. The lowest BCUT2D eigenvalue weighted by Gasteiger charge is -2.39. The van der Waals surface area contributed by atoms with E-state index in [0.29, 0.717) is 6.04 Å². The fraction of sp³-hybridized carbons (Fsp3) is 0.667. The van der Waals surface area contributed by atoms with Gasteiger partial charge >= 0.3 is 0 Å². The van der Waals surface area contributed by atoms with E-state index in [4.69, 9.17) is 10.5 Å². The van der Waals surface area contributed by atoms with Crippen LogP contribution in [0.3, 0.4) is 0 Å². The molecule has 0 amide bonds. The van der Waals surface area contributed by atoms with Gasteiger partial charge in [0, 0.05) is 11.5 Å². The number of rotatable bonds is 2. The van der Waals surface area contributed by atoms with Crippen molar-refractivity contribution in [3.63, 3.8) is 0 Å². The van der Waals surface area contributed by atoms with Crippen LogP contribution in [-0.2, 0) is 5.41 Å². The van der Waals surface area contributed by atoms with E-state index >= 15 is 0 Å². The monoisotopic (exact) mass is 225 g/mol. The Kier molecular flexibility index (Phi) is 3.03. The van der Waals surface area contributed by atoms with E-state index in [9.17, 15) is 0 Å². The normalized spacial score (nSPS) is 31.5. The molecule has 2 atom stereocenters. The molecule has 2 N–H and O–H groups in total. The lowest BCUT2D eigenvalue weighted by Crippen LogP contribution is -2.45. The van der Waals surface area contributed by atoms with E-state index in [-0.39, 0.29) is 5.41 Å². The van der Waals surface area contributed by atoms with Gasteiger partial charge in [-0.25, -0.2) is 0 Å². The van der Waals surface area contributed by atoms with Gasteiger partial charge in [0.05, 0.1) is 7.11 Å². The van der Waals surface area contributed by atoms with Gasteiger partial charge in [-0.1, -0.05) is 19.8 Å². The van der Waals surface area contributed by atoms with Crippen molar-refractivity contribution >= 4 is 11.3 Å². The quantitative estimate of drug-likeness (QED) is 0.840. The summed E-state index contributed by atoms with van der Waals surface area (Å²) in [7, 11) is 1.72. The highest BCUT2D eigenvalue weighted by atomic mass is 32.1. The van der Waals surface area contributed by atoms with Crippen LogP contribution >= 0.6 is 11.3 Å².